The summed E-state index contributed by atoms with van der Waals surface area (Å²) in [6.45, 7) is 2.06. The highest BCUT2D eigenvalue weighted by Crippen LogP contribution is 2.32. The summed E-state index contributed by atoms with van der Waals surface area (Å²) in [5, 5.41) is 3.18. The van der Waals surface area contributed by atoms with Crippen LogP contribution in [-0.2, 0) is 4.79 Å². The number of imide groups is 1. The van der Waals surface area contributed by atoms with Crippen LogP contribution in [0.15, 0.2) is 47.4 Å². The third-order valence-corrected chi connectivity index (χ3v) is 5.04. The Morgan fingerprint density at radius 3 is 2.58 bits per heavy atom. The molecule has 2 aromatic rings. The first-order valence-electron chi connectivity index (χ1n) is 7.87. The molecule has 1 aliphatic heterocycles. The molecule has 1 N–H and O–H groups in total. The van der Waals surface area contributed by atoms with Gasteiger partial charge in [-0.05, 0) is 48.5 Å². The van der Waals surface area contributed by atoms with Crippen LogP contribution in [0.4, 0.5) is 10.5 Å². The Labute approximate surface area is 161 Å². The lowest BCUT2D eigenvalue weighted by Crippen LogP contribution is -2.33. The molecule has 7 heteroatoms. The number of amides is 2. The summed E-state index contributed by atoms with van der Waals surface area (Å²) in [4.78, 5) is 26.3. The van der Waals surface area contributed by atoms with Crippen molar-refractivity contribution < 1.29 is 14.3 Å². The summed E-state index contributed by atoms with van der Waals surface area (Å²) in [5.74, 6) is 0.247. The molecular weight excluding hydrogens is 372 g/mol. The van der Waals surface area contributed by atoms with Crippen molar-refractivity contribution in [2.45, 2.75) is 6.92 Å². The predicted molar refractivity (Wildman–Crippen MR) is 105 cm³/mol. The third-order valence-electron chi connectivity index (χ3n) is 3.84. The first-order valence-corrected chi connectivity index (χ1v) is 9.07. The zero-order valence-corrected chi connectivity index (χ0v) is 15.9. The molecular formula is C19H17ClN2O3S. The summed E-state index contributed by atoms with van der Waals surface area (Å²) in [6.07, 6.45) is 1.73. The quantitative estimate of drug-likeness (QED) is 0.748. The number of ether oxygens (including phenoxy) is 1. The molecule has 1 fully saturated rings. The number of carbonyl (C=O) groups excluding carboxylic acids is 2. The number of carbonyl (C=O) groups is 2. The van der Waals surface area contributed by atoms with Crippen LogP contribution in [0.3, 0.4) is 0 Å². The van der Waals surface area contributed by atoms with Crippen LogP contribution >= 0.6 is 23.4 Å². The smallest absolute Gasteiger partial charge is 0.295 e. The third kappa shape index (κ3) is 4.03. The van der Waals surface area contributed by atoms with Crippen molar-refractivity contribution in [3.8, 4) is 5.75 Å². The molecule has 2 aromatic carbocycles. The minimum Gasteiger partial charge on any atom is -0.495 e. The molecule has 0 atom stereocenters. The Hall–Kier alpha value is -2.44. The predicted octanol–water partition coefficient (Wildman–Crippen LogP) is 4.76. The van der Waals surface area contributed by atoms with Gasteiger partial charge >= 0.3 is 0 Å². The van der Waals surface area contributed by atoms with Crippen molar-refractivity contribution in [2.75, 3.05) is 19.1 Å². The van der Waals surface area contributed by atoms with E-state index in [9.17, 15) is 9.59 Å². The lowest BCUT2D eigenvalue weighted by Gasteiger charge is -2.15. The summed E-state index contributed by atoms with van der Waals surface area (Å²) in [6, 6.07) is 12.9. The van der Waals surface area contributed by atoms with Crippen LogP contribution < -0.4 is 10.1 Å². The minimum absolute atomic E-state index is 0.0680. The molecule has 0 spiro atoms. The molecule has 0 radical (unpaired) electrons. The van der Waals surface area contributed by atoms with Crippen molar-refractivity contribution in [2.24, 2.45) is 0 Å². The summed E-state index contributed by atoms with van der Waals surface area (Å²) in [5.41, 5.74) is 2.71. The fraction of sp³-hybridized carbons (Fsp3) is 0.158. The number of nitrogens with zero attached hydrogens (tertiary/aromatic N) is 1. The van der Waals surface area contributed by atoms with Gasteiger partial charge in [0.05, 0.1) is 23.7 Å². The number of benzene rings is 2. The molecule has 0 saturated carbocycles. The summed E-state index contributed by atoms with van der Waals surface area (Å²) < 4.78 is 5.10. The van der Waals surface area contributed by atoms with Crippen molar-refractivity contribution >= 4 is 46.3 Å². The average molecular weight is 389 g/mol. The Kier molecular flexibility index (Phi) is 5.54. The molecule has 0 unspecified atom stereocenters. The second-order valence-corrected chi connectivity index (χ2v) is 7.11. The number of thioether (sulfide) groups is 1. The second-order valence-electron chi connectivity index (χ2n) is 5.70. The molecule has 134 valence electrons. The van der Waals surface area contributed by atoms with E-state index < -0.39 is 0 Å². The van der Waals surface area contributed by atoms with E-state index in [4.69, 9.17) is 16.3 Å². The van der Waals surface area contributed by atoms with Gasteiger partial charge in [-0.2, -0.15) is 0 Å². The molecule has 5 nitrogen and oxygen atoms in total. The minimum atomic E-state index is -0.312. The molecule has 1 aliphatic rings. The zero-order valence-electron chi connectivity index (χ0n) is 14.3. The summed E-state index contributed by atoms with van der Waals surface area (Å²) in [7, 11) is 1.54. The van der Waals surface area contributed by atoms with Crippen molar-refractivity contribution in [3.63, 3.8) is 0 Å². The van der Waals surface area contributed by atoms with Gasteiger partial charge in [0.15, 0.2) is 0 Å². The standard InChI is InChI=1S/C19H17ClN2O3S/c1-12-3-5-13(6-4-12)9-17-18(23)22(19(24)26-17)11-21-14-7-8-16(25-2)15(20)10-14/h3-10,21H,11H2,1-2H3. The first kappa shape index (κ1) is 18.4. The van der Waals surface area contributed by atoms with E-state index in [1.165, 1.54) is 12.0 Å². The van der Waals surface area contributed by atoms with Crippen LogP contribution in [0, 0.1) is 6.92 Å². The highest BCUT2D eigenvalue weighted by molar-refractivity contribution is 8.18. The molecule has 3 rings (SSSR count). The van der Waals surface area contributed by atoms with Gasteiger partial charge in [-0.1, -0.05) is 41.4 Å². The lowest BCUT2D eigenvalue weighted by atomic mass is 10.1. The highest BCUT2D eigenvalue weighted by atomic mass is 35.5. The normalized spacial score (nSPS) is 15.7. The Morgan fingerprint density at radius 2 is 1.92 bits per heavy atom. The maximum Gasteiger partial charge on any atom is 0.295 e. The SMILES string of the molecule is COc1ccc(NCN2C(=O)SC(=Cc3ccc(C)cc3)C2=O)cc1Cl. The van der Waals surface area contributed by atoms with Crippen LogP contribution in [0.5, 0.6) is 5.75 Å². The van der Waals surface area contributed by atoms with E-state index in [1.54, 1.807) is 24.3 Å². The van der Waals surface area contributed by atoms with Crippen LogP contribution in [0.2, 0.25) is 5.02 Å². The van der Waals surface area contributed by atoms with Crippen LogP contribution in [0.1, 0.15) is 11.1 Å². The van der Waals surface area contributed by atoms with E-state index >= 15 is 0 Å². The van der Waals surface area contributed by atoms with E-state index in [-0.39, 0.29) is 17.8 Å². The summed E-state index contributed by atoms with van der Waals surface area (Å²) >= 11 is 7.02. The van der Waals surface area contributed by atoms with Crippen molar-refractivity contribution in [1.82, 2.24) is 4.90 Å². The van der Waals surface area contributed by atoms with Gasteiger partial charge in [0.2, 0.25) is 0 Å². The second kappa shape index (κ2) is 7.85. The Morgan fingerprint density at radius 1 is 1.19 bits per heavy atom. The number of hydrogen-bond donors (Lipinski definition) is 1. The number of hydrogen-bond acceptors (Lipinski definition) is 5. The number of halogens is 1. The molecule has 0 aliphatic carbocycles. The fourth-order valence-electron chi connectivity index (χ4n) is 2.40. The van der Waals surface area contributed by atoms with E-state index in [0.717, 1.165) is 22.9 Å². The first-order chi connectivity index (χ1) is 12.5. The van der Waals surface area contributed by atoms with Gasteiger partial charge < -0.3 is 10.1 Å². The van der Waals surface area contributed by atoms with Gasteiger partial charge in [-0.25, -0.2) is 0 Å². The van der Waals surface area contributed by atoms with Gasteiger partial charge in [0, 0.05) is 5.69 Å². The number of nitrogens with one attached hydrogen (secondary N) is 1. The lowest BCUT2D eigenvalue weighted by molar-refractivity contribution is -0.122. The van der Waals surface area contributed by atoms with Crippen molar-refractivity contribution in [1.29, 1.82) is 0 Å². The largest absolute Gasteiger partial charge is 0.495 e. The Bertz CT molecular complexity index is 881. The van der Waals surface area contributed by atoms with Crippen LogP contribution in [0.25, 0.3) is 6.08 Å². The zero-order chi connectivity index (χ0) is 18.7. The van der Waals surface area contributed by atoms with E-state index in [0.29, 0.717) is 21.4 Å². The molecule has 2 amide bonds. The number of rotatable bonds is 5. The van der Waals surface area contributed by atoms with Crippen LogP contribution in [-0.4, -0.2) is 29.8 Å². The molecule has 26 heavy (non-hydrogen) atoms. The van der Waals surface area contributed by atoms with Gasteiger partial charge in [0.1, 0.15) is 5.75 Å². The molecule has 0 bridgehead atoms. The fourth-order valence-corrected chi connectivity index (χ4v) is 3.49. The molecule has 0 aromatic heterocycles. The number of anilines is 1. The highest BCUT2D eigenvalue weighted by Gasteiger charge is 2.34. The topological polar surface area (TPSA) is 58.6 Å². The van der Waals surface area contributed by atoms with Gasteiger partial charge in [-0.15, -0.1) is 0 Å². The Balaban J connectivity index is 1.69. The number of methoxy groups -OCH3 is 1. The van der Waals surface area contributed by atoms with E-state index in [2.05, 4.69) is 5.32 Å². The molecule has 1 saturated heterocycles. The van der Waals surface area contributed by atoms with Gasteiger partial charge in [0.25, 0.3) is 11.1 Å². The van der Waals surface area contributed by atoms with Crippen molar-refractivity contribution in [3.05, 3.63) is 63.5 Å². The average Bonchev–Trinajstić information content (AvgIpc) is 2.88. The molecule has 1 heterocycles. The maximum atomic E-state index is 12.5. The monoisotopic (exact) mass is 388 g/mol. The maximum absolute atomic E-state index is 12.5. The van der Waals surface area contributed by atoms with E-state index in [1.807, 2.05) is 31.2 Å². The number of aryl methyl sites for hydroxylation is 1. The van der Waals surface area contributed by atoms with Gasteiger partial charge in [-0.3, -0.25) is 14.5 Å².